The predicted octanol–water partition coefficient (Wildman–Crippen LogP) is 4.14. The molecule has 2 aromatic carbocycles. The van der Waals surface area contributed by atoms with Crippen LogP contribution >= 0.6 is 23.5 Å². The van der Waals surface area contributed by atoms with Gasteiger partial charge < -0.3 is 4.74 Å². The van der Waals surface area contributed by atoms with Crippen molar-refractivity contribution in [2.24, 2.45) is 5.92 Å². The van der Waals surface area contributed by atoms with Gasteiger partial charge in [-0.2, -0.15) is 0 Å². The molecule has 0 spiro atoms. The maximum absolute atomic E-state index is 12.8. The van der Waals surface area contributed by atoms with Crippen molar-refractivity contribution in [3.8, 4) is 0 Å². The summed E-state index contributed by atoms with van der Waals surface area (Å²) in [5, 5.41) is 3.10. The van der Waals surface area contributed by atoms with E-state index < -0.39 is 22.7 Å². The van der Waals surface area contributed by atoms with Gasteiger partial charge in [-0.3, -0.25) is 14.9 Å². The van der Waals surface area contributed by atoms with Gasteiger partial charge >= 0.3 is 11.9 Å². The van der Waals surface area contributed by atoms with Crippen LogP contribution in [0.3, 0.4) is 0 Å². The fourth-order valence-electron chi connectivity index (χ4n) is 2.91. The average molecular weight is 430 g/mol. The second kappa shape index (κ2) is 10.1. The standard InChI is InChI=1S/C22H23NO4S2/c1-16(15-28-20(25)17-9-4-2-5-10-17)19(24)27-21(26)22(13-8-14-23-22)29-18-11-6-3-7-12-18/h2-7,9-12,16,23H,8,13-15H2,1H3/t16-,22+/m1/s1. The molecule has 1 heterocycles. The van der Waals surface area contributed by atoms with Gasteiger partial charge in [0, 0.05) is 16.2 Å². The normalized spacial score (nSPS) is 19.5. The van der Waals surface area contributed by atoms with Gasteiger partial charge in [0.05, 0.1) is 5.92 Å². The van der Waals surface area contributed by atoms with E-state index >= 15 is 0 Å². The van der Waals surface area contributed by atoms with Crippen LogP contribution in [0.25, 0.3) is 0 Å². The first kappa shape index (κ1) is 21.6. The Morgan fingerprint density at radius 2 is 1.72 bits per heavy atom. The van der Waals surface area contributed by atoms with Crippen LogP contribution in [0.5, 0.6) is 0 Å². The third kappa shape index (κ3) is 5.72. The van der Waals surface area contributed by atoms with Gasteiger partial charge in [-0.1, -0.05) is 79.0 Å². The number of nitrogens with one attached hydrogen (secondary N) is 1. The highest BCUT2D eigenvalue weighted by atomic mass is 32.2. The highest BCUT2D eigenvalue weighted by Gasteiger charge is 2.45. The molecular formula is C22H23NO4S2. The first-order chi connectivity index (χ1) is 14.0. The van der Waals surface area contributed by atoms with Gasteiger partial charge in [0.15, 0.2) is 4.87 Å². The van der Waals surface area contributed by atoms with E-state index in [4.69, 9.17) is 4.74 Å². The lowest BCUT2D eigenvalue weighted by Gasteiger charge is -2.26. The summed E-state index contributed by atoms with van der Waals surface area (Å²) in [7, 11) is 0. The largest absolute Gasteiger partial charge is 0.391 e. The Hall–Kier alpha value is -2.09. The molecule has 2 atom stereocenters. The van der Waals surface area contributed by atoms with Crippen molar-refractivity contribution in [3.63, 3.8) is 0 Å². The molecule has 0 aliphatic carbocycles. The summed E-state index contributed by atoms with van der Waals surface area (Å²) in [5.74, 6) is -1.49. The molecule has 2 aromatic rings. The van der Waals surface area contributed by atoms with E-state index in [-0.39, 0.29) is 10.9 Å². The molecule has 0 saturated carbocycles. The minimum Gasteiger partial charge on any atom is -0.391 e. The molecule has 0 amide bonds. The third-order valence-corrected chi connectivity index (χ3v) is 7.09. The highest BCUT2D eigenvalue weighted by Crippen LogP contribution is 2.38. The summed E-state index contributed by atoms with van der Waals surface area (Å²) in [6, 6.07) is 18.5. The highest BCUT2D eigenvalue weighted by molar-refractivity contribution is 8.14. The molecule has 152 valence electrons. The maximum atomic E-state index is 12.8. The molecule has 29 heavy (non-hydrogen) atoms. The fraction of sp³-hybridized carbons (Fsp3) is 0.318. The van der Waals surface area contributed by atoms with Gasteiger partial charge in [-0.15, -0.1) is 0 Å². The summed E-state index contributed by atoms with van der Waals surface area (Å²) in [5.41, 5.74) is 0.586. The van der Waals surface area contributed by atoms with Crippen molar-refractivity contribution in [2.45, 2.75) is 29.5 Å². The van der Waals surface area contributed by atoms with Gasteiger partial charge in [-0.25, -0.2) is 4.79 Å². The number of hydrogen-bond donors (Lipinski definition) is 1. The predicted molar refractivity (Wildman–Crippen MR) is 116 cm³/mol. The molecular weight excluding hydrogens is 406 g/mol. The lowest BCUT2D eigenvalue weighted by atomic mass is 10.2. The number of benzene rings is 2. The molecule has 3 rings (SSSR count). The Morgan fingerprint density at radius 3 is 2.34 bits per heavy atom. The van der Waals surface area contributed by atoms with Crippen LogP contribution in [-0.2, 0) is 14.3 Å². The number of carbonyl (C=O) groups is 3. The Bertz CT molecular complexity index is 852. The van der Waals surface area contributed by atoms with Crippen LogP contribution in [0.2, 0.25) is 0 Å². The Morgan fingerprint density at radius 1 is 1.07 bits per heavy atom. The summed E-state index contributed by atoms with van der Waals surface area (Å²) >= 11 is 2.43. The second-order valence-corrected chi connectivity index (χ2v) is 9.21. The van der Waals surface area contributed by atoms with Crippen LogP contribution in [-0.4, -0.2) is 34.2 Å². The van der Waals surface area contributed by atoms with Crippen molar-refractivity contribution < 1.29 is 19.1 Å². The minimum absolute atomic E-state index is 0.106. The van der Waals surface area contributed by atoms with E-state index in [2.05, 4.69) is 5.32 Å². The molecule has 0 unspecified atom stereocenters. The monoisotopic (exact) mass is 429 g/mol. The number of carbonyl (C=O) groups excluding carboxylic acids is 3. The average Bonchev–Trinajstić information content (AvgIpc) is 3.22. The van der Waals surface area contributed by atoms with E-state index in [1.807, 2.05) is 36.4 Å². The van der Waals surface area contributed by atoms with Crippen LogP contribution < -0.4 is 5.32 Å². The summed E-state index contributed by atoms with van der Waals surface area (Å²) < 4.78 is 5.22. The molecule has 1 saturated heterocycles. The third-order valence-electron chi connectivity index (χ3n) is 4.55. The maximum Gasteiger partial charge on any atom is 0.344 e. The zero-order chi connectivity index (χ0) is 20.7. The number of hydrogen-bond acceptors (Lipinski definition) is 7. The molecule has 0 radical (unpaired) electrons. The van der Waals surface area contributed by atoms with Crippen molar-refractivity contribution in [3.05, 3.63) is 66.2 Å². The first-order valence-corrected chi connectivity index (χ1v) is 11.3. The van der Waals surface area contributed by atoms with E-state index in [1.165, 1.54) is 11.8 Å². The zero-order valence-corrected chi connectivity index (χ0v) is 17.8. The summed E-state index contributed by atoms with van der Waals surface area (Å²) in [6.07, 6.45) is 1.43. The Kier molecular flexibility index (Phi) is 7.52. The van der Waals surface area contributed by atoms with Crippen molar-refractivity contribution >= 4 is 40.6 Å². The van der Waals surface area contributed by atoms with Crippen LogP contribution in [0.15, 0.2) is 65.6 Å². The molecule has 1 N–H and O–H groups in total. The van der Waals surface area contributed by atoms with Crippen LogP contribution in [0, 0.1) is 5.92 Å². The van der Waals surface area contributed by atoms with Gasteiger partial charge in [0.1, 0.15) is 0 Å². The summed E-state index contributed by atoms with van der Waals surface area (Å²) in [6.45, 7) is 2.36. The van der Waals surface area contributed by atoms with Crippen molar-refractivity contribution in [2.75, 3.05) is 12.3 Å². The molecule has 1 aliphatic heterocycles. The van der Waals surface area contributed by atoms with E-state index in [9.17, 15) is 14.4 Å². The molecule has 0 aromatic heterocycles. The molecule has 7 heteroatoms. The number of ether oxygens (including phenoxy) is 1. The second-order valence-electron chi connectivity index (χ2n) is 6.85. The topological polar surface area (TPSA) is 72.5 Å². The van der Waals surface area contributed by atoms with E-state index in [0.717, 1.165) is 23.1 Å². The molecule has 0 bridgehead atoms. The van der Waals surface area contributed by atoms with Gasteiger partial charge in [0.25, 0.3) is 0 Å². The Balaban J connectivity index is 1.56. The van der Waals surface area contributed by atoms with Crippen molar-refractivity contribution in [1.82, 2.24) is 5.32 Å². The number of esters is 2. The lowest BCUT2D eigenvalue weighted by Crippen LogP contribution is -2.46. The van der Waals surface area contributed by atoms with Crippen molar-refractivity contribution in [1.29, 1.82) is 0 Å². The minimum atomic E-state index is -0.955. The first-order valence-electron chi connectivity index (χ1n) is 9.47. The van der Waals surface area contributed by atoms with Gasteiger partial charge in [-0.05, 0) is 31.5 Å². The van der Waals surface area contributed by atoms with E-state index in [0.29, 0.717) is 18.5 Å². The SMILES string of the molecule is C[C@H](CSC(=O)c1ccccc1)C(=O)OC(=O)[C@@]1(Sc2ccccc2)CCCN1. The molecule has 5 nitrogen and oxygen atoms in total. The summed E-state index contributed by atoms with van der Waals surface area (Å²) in [4.78, 5) is 37.5. The molecule has 1 fully saturated rings. The number of thioether (sulfide) groups is 2. The van der Waals surface area contributed by atoms with Crippen LogP contribution in [0.1, 0.15) is 30.1 Å². The zero-order valence-electron chi connectivity index (χ0n) is 16.1. The molecule has 1 aliphatic rings. The van der Waals surface area contributed by atoms with E-state index in [1.54, 1.807) is 31.2 Å². The number of rotatable bonds is 7. The lowest BCUT2D eigenvalue weighted by molar-refractivity contribution is -0.163. The quantitative estimate of drug-likeness (QED) is 0.524. The fourth-order valence-corrected chi connectivity index (χ4v) is 4.99. The van der Waals surface area contributed by atoms with Crippen LogP contribution in [0.4, 0.5) is 0 Å². The smallest absolute Gasteiger partial charge is 0.344 e. The van der Waals surface area contributed by atoms with Gasteiger partial charge in [0.2, 0.25) is 5.12 Å². The Labute approximate surface area is 179 Å².